The molecule has 0 aromatic heterocycles. The number of nitrogens with zero attached hydrogens (tertiary/aromatic N) is 1. The molecule has 0 spiro atoms. The number of hydrogen-bond donors (Lipinski definition) is 3. The van der Waals surface area contributed by atoms with E-state index in [0.29, 0.717) is 10.7 Å². The highest BCUT2D eigenvalue weighted by atomic mass is 32.1. The maximum Gasteiger partial charge on any atom is 0.325 e. The van der Waals surface area contributed by atoms with Crippen molar-refractivity contribution in [1.82, 2.24) is 0 Å². The molecule has 39 heavy (non-hydrogen) atoms. The van der Waals surface area contributed by atoms with E-state index in [0.717, 1.165) is 25.1 Å². The van der Waals surface area contributed by atoms with Gasteiger partial charge in [-0.3, -0.25) is 4.57 Å². The van der Waals surface area contributed by atoms with Crippen LogP contribution in [0, 0.1) is 0 Å². The van der Waals surface area contributed by atoms with Crippen LogP contribution < -0.4 is 4.90 Å². The summed E-state index contributed by atoms with van der Waals surface area (Å²) in [4.78, 5) is 19.8. The van der Waals surface area contributed by atoms with Crippen molar-refractivity contribution in [2.24, 2.45) is 0 Å². The molecule has 1 aromatic carbocycles. The summed E-state index contributed by atoms with van der Waals surface area (Å²) in [6.07, 6.45) is 29.9. The first kappa shape index (κ1) is 36.6. The van der Waals surface area contributed by atoms with Crippen LogP contribution in [0.4, 0.5) is 5.69 Å². The van der Waals surface area contributed by atoms with Gasteiger partial charge < -0.3 is 14.7 Å². The molecule has 0 amide bonds. The minimum Gasteiger partial charge on any atom is -0.328 e. The van der Waals surface area contributed by atoms with Crippen LogP contribution in [0.5, 0.6) is 0 Å². The summed E-state index contributed by atoms with van der Waals surface area (Å²) in [7, 11) is -3.78. The maximum atomic E-state index is 10.8. The number of rotatable bonds is 27. The summed E-state index contributed by atoms with van der Waals surface area (Å²) in [6, 6.07) is 10.3. The predicted octanol–water partition coefficient (Wildman–Crippen LogP) is 10.9. The van der Waals surface area contributed by atoms with E-state index in [1.165, 1.54) is 128 Å². The predicted molar refractivity (Wildman–Crippen MR) is 178 cm³/mol. The number of thiol groups is 1. The Labute approximate surface area is 251 Å². The van der Waals surface area contributed by atoms with E-state index in [2.05, 4.69) is 41.8 Å². The van der Waals surface area contributed by atoms with Gasteiger partial charge in [-0.15, -0.1) is 12.6 Å². The van der Waals surface area contributed by atoms with Crippen molar-refractivity contribution in [2.45, 2.75) is 148 Å². The highest BCUT2D eigenvalue weighted by molar-refractivity contribution is 8.11. The Morgan fingerprint density at radius 2 is 0.897 bits per heavy atom. The van der Waals surface area contributed by atoms with Gasteiger partial charge in [0.05, 0.1) is 0 Å². The van der Waals surface area contributed by atoms with Gasteiger partial charge in [-0.05, 0) is 25.0 Å². The third-order valence-electron chi connectivity index (χ3n) is 7.63. The molecule has 0 aliphatic carbocycles. The molecule has 0 fully saturated rings. The summed E-state index contributed by atoms with van der Waals surface area (Å²) >= 11 is 9.73. The highest BCUT2D eigenvalue weighted by Gasteiger charge is 2.11. The molecule has 0 bridgehead atoms. The van der Waals surface area contributed by atoms with Crippen LogP contribution in [-0.2, 0) is 4.57 Å². The monoisotopic (exact) mass is 599 g/mol. The van der Waals surface area contributed by atoms with Gasteiger partial charge in [0.25, 0.3) is 0 Å². The molecule has 0 atom stereocenters. The third kappa shape index (κ3) is 24.0. The third-order valence-corrected chi connectivity index (χ3v) is 8.99. The Balaban J connectivity index is 1.74. The van der Waals surface area contributed by atoms with E-state index in [-0.39, 0.29) is 6.16 Å². The molecule has 7 heteroatoms. The SMILES string of the molecule is O=P(O)(O)CCCCCCCCCCCCCCCCCCCCCCCCCN(C(=S)S)c1ccccc1. The summed E-state index contributed by atoms with van der Waals surface area (Å²) < 4.78 is 11.5. The summed E-state index contributed by atoms with van der Waals surface area (Å²) in [5.41, 5.74) is 1.14. The lowest BCUT2D eigenvalue weighted by Crippen LogP contribution is -2.26. The molecule has 1 rings (SSSR count). The molecule has 0 saturated carbocycles. The van der Waals surface area contributed by atoms with Gasteiger partial charge in [-0.2, -0.15) is 0 Å². The summed E-state index contributed by atoms with van der Waals surface area (Å²) in [6.45, 7) is 0.960. The topological polar surface area (TPSA) is 60.8 Å². The summed E-state index contributed by atoms with van der Waals surface area (Å²) in [5.74, 6) is 0. The molecule has 0 saturated heterocycles. The van der Waals surface area contributed by atoms with E-state index in [4.69, 9.17) is 22.0 Å². The average molecular weight is 600 g/mol. The Bertz CT molecular complexity index is 744. The number of hydrogen-bond acceptors (Lipinski definition) is 2. The Kier molecular flexibility index (Phi) is 23.8. The first-order valence-electron chi connectivity index (χ1n) is 16.0. The van der Waals surface area contributed by atoms with E-state index in [1.54, 1.807) is 0 Å². The van der Waals surface area contributed by atoms with Crippen molar-refractivity contribution >= 4 is 42.5 Å². The molecule has 4 nitrogen and oxygen atoms in total. The minimum atomic E-state index is -3.78. The molecular formula is C32H58NO3PS2. The van der Waals surface area contributed by atoms with Crippen LogP contribution in [0.25, 0.3) is 0 Å². The standard InChI is InChI=1S/C32H58NO3PS2/c34-37(35,36)30-26-21-19-17-15-13-11-9-7-5-3-1-2-4-6-8-10-12-14-16-18-20-25-29-33(32(38)39)31-27-23-22-24-28-31/h22-24,27-28H,1-21,25-26,29-30H2,(H,38,39)(H2,34,35,36). The van der Waals surface area contributed by atoms with Crippen molar-refractivity contribution in [1.29, 1.82) is 0 Å². The fourth-order valence-electron chi connectivity index (χ4n) is 5.24. The number of para-hydroxylation sites is 1. The van der Waals surface area contributed by atoms with Crippen molar-refractivity contribution in [2.75, 3.05) is 17.6 Å². The second kappa shape index (κ2) is 25.3. The van der Waals surface area contributed by atoms with Crippen LogP contribution in [0.15, 0.2) is 30.3 Å². The second-order valence-corrected chi connectivity index (χ2v) is 14.2. The van der Waals surface area contributed by atoms with Gasteiger partial charge in [-0.25, -0.2) is 0 Å². The summed E-state index contributed by atoms with van der Waals surface area (Å²) in [5, 5.41) is 0. The van der Waals surface area contributed by atoms with E-state index in [9.17, 15) is 4.57 Å². The normalized spacial score (nSPS) is 11.7. The largest absolute Gasteiger partial charge is 0.328 e. The molecule has 0 heterocycles. The zero-order valence-electron chi connectivity index (χ0n) is 24.6. The van der Waals surface area contributed by atoms with Gasteiger partial charge in [-0.1, -0.05) is 165 Å². The maximum absolute atomic E-state index is 10.8. The zero-order chi connectivity index (χ0) is 28.4. The smallest absolute Gasteiger partial charge is 0.325 e. The quantitative estimate of drug-likeness (QED) is 0.0406. The van der Waals surface area contributed by atoms with Gasteiger partial charge in [0.1, 0.15) is 4.32 Å². The minimum absolute atomic E-state index is 0.0533. The van der Waals surface area contributed by atoms with Crippen molar-refractivity contribution in [3.05, 3.63) is 30.3 Å². The lowest BCUT2D eigenvalue weighted by molar-refractivity contribution is 0.370. The molecule has 0 aliphatic heterocycles. The molecule has 1 aromatic rings. The number of anilines is 1. The van der Waals surface area contributed by atoms with Crippen LogP contribution in [0.2, 0.25) is 0 Å². The molecule has 0 radical (unpaired) electrons. The fraction of sp³-hybridized carbons (Fsp3) is 0.781. The zero-order valence-corrected chi connectivity index (χ0v) is 27.2. The molecular weight excluding hydrogens is 541 g/mol. The Morgan fingerprint density at radius 1 is 0.590 bits per heavy atom. The van der Waals surface area contributed by atoms with Crippen molar-refractivity contribution < 1.29 is 14.4 Å². The number of unbranched alkanes of at least 4 members (excludes halogenated alkanes) is 22. The van der Waals surface area contributed by atoms with Crippen LogP contribution in [0.3, 0.4) is 0 Å². The molecule has 0 unspecified atom stereocenters. The Morgan fingerprint density at radius 3 is 1.21 bits per heavy atom. The Hall–Kier alpha value is -0.390. The first-order chi connectivity index (χ1) is 18.9. The van der Waals surface area contributed by atoms with Crippen molar-refractivity contribution in [3.8, 4) is 0 Å². The lowest BCUT2D eigenvalue weighted by atomic mass is 10.0. The number of benzene rings is 1. The van der Waals surface area contributed by atoms with Crippen LogP contribution in [0.1, 0.15) is 148 Å². The first-order valence-corrected chi connectivity index (χ1v) is 18.7. The van der Waals surface area contributed by atoms with E-state index >= 15 is 0 Å². The fourth-order valence-corrected chi connectivity index (χ4v) is 6.29. The van der Waals surface area contributed by atoms with Crippen LogP contribution >= 0.6 is 32.4 Å². The lowest BCUT2D eigenvalue weighted by Gasteiger charge is -2.22. The van der Waals surface area contributed by atoms with Crippen LogP contribution in [-0.4, -0.2) is 26.8 Å². The molecule has 0 aliphatic rings. The molecule has 226 valence electrons. The van der Waals surface area contributed by atoms with Gasteiger partial charge in [0, 0.05) is 18.4 Å². The number of thiocarbonyl (C=S) groups is 1. The van der Waals surface area contributed by atoms with Gasteiger partial charge in [0.15, 0.2) is 0 Å². The van der Waals surface area contributed by atoms with E-state index < -0.39 is 7.60 Å². The van der Waals surface area contributed by atoms with Crippen molar-refractivity contribution in [3.63, 3.8) is 0 Å². The molecule has 2 N–H and O–H groups in total. The van der Waals surface area contributed by atoms with Gasteiger partial charge in [0.2, 0.25) is 0 Å². The average Bonchev–Trinajstić information content (AvgIpc) is 2.90. The second-order valence-electron chi connectivity index (χ2n) is 11.3. The van der Waals surface area contributed by atoms with E-state index in [1.807, 2.05) is 6.07 Å². The highest BCUT2D eigenvalue weighted by Crippen LogP contribution is 2.35. The van der Waals surface area contributed by atoms with Gasteiger partial charge >= 0.3 is 7.60 Å².